The van der Waals surface area contributed by atoms with E-state index in [0.717, 1.165) is 17.9 Å². The average Bonchev–Trinajstić information content (AvgIpc) is 2.84. The Morgan fingerprint density at radius 1 is 1.33 bits per heavy atom. The molecular formula is C12H12N4OS. The molecule has 0 bridgehead atoms. The molecular weight excluding hydrogens is 248 g/mol. The molecule has 0 aliphatic carbocycles. The molecule has 2 heterocycles. The molecule has 2 rings (SSSR count). The summed E-state index contributed by atoms with van der Waals surface area (Å²) < 4.78 is 5.49. The molecule has 0 unspecified atom stereocenters. The number of nitriles is 1. The lowest BCUT2D eigenvalue weighted by Gasteiger charge is -1.94. The first kappa shape index (κ1) is 12.6. The van der Waals surface area contributed by atoms with Crippen LogP contribution >= 0.6 is 11.8 Å². The zero-order chi connectivity index (χ0) is 12.6. The van der Waals surface area contributed by atoms with Crippen LogP contribution in [-0.2, 0) is 6.42 Å². The molecule has 0 fully saturated rings. The number of thioether (sulfide) groups is 1. The molecule has 0 saturated heterocycles. The standard InChI is InChI=1S/C12H12N4OS/c13-6-2-4-8-18-12-16-15-11(17-12)9-10-5-1-3-7-14-10/h1,3,5,7H,2,4,8-9H2. The lowest BCUT2D eigenvalue weighted by Crippen LogP contribution is -1.90. The van der Waals surface area contributed by atoms with Gasteiger partial charge < -0.3 is 4.42 Å². The second-order valence-corrected chi connectivity index (χ2v) is 4.62. The van der Waals surface area contributed by atoms with Crippen molar-refractivity contribution < 1.29 is 4.42 Å². The van der Waals surface area contributed by atoms with Crippen LogP contribution in [0.15, 0.2) is 34.0 Å². The van der Waals surface area contributed by atoms with Crippen LogP contribution < -0.4 is 0 Å². The summed E-state index contributed by atoms with van der Waals surface area (Å²) in [4.78, 5) is 4.20. The van der Waals surface area contributed by atoms with Crippen LogP contribution in [0.1, 0.15) is 24.4 Å². The third-order valence-electron chi connectivity index (χ3n) is 2.17. The number of hydrogen-bond donors (Lipinski definition) is 0. The van der Waals surface area contributed by atoms with Gasteiger partial charge in [0.15, 0.2) is 0 Å². The Bertz CT molecular complexity index is 520. The van der Waals surface area contributed by atoms with Crippen LogP contribution in [0.3, 0.4) is 0 Å². The highest BCUT2D eigenvalue weighted by molar-refractivity contribution is 7.99. The Hall–Kier alpha value is -1.87. The SMILES string of the molecule is N#CCCCSc1nnc(Cc2ccccn2)o1. The van der Waals surface area contributed by atoms with Crippen LogP contribution in [0.25, 0.3) is 0 Å². The van der Waals surface area contributed by atoms with Gasteiger partial charge in [-0.3, -0.25) is 4.98 Å². The average molecular weight is 260 g/mol. The molecule has 6 heteroatoms. The number of nitrogens with zero attached hydrogens (tertiary/aromatic N) is 4. The molecule has 2 aromatic heterocycles. The topological polar surface area (TPSA) is 75.6 Å². The summed E-state index contributed by atoms with van der Waals surface area (Å²) in [7, 11) is 0. The highest BCUT2D eigenvalue weighted by atomic mass is 32.2. The minimum absolute atomic E-state index is 0.548. The van der Waals surface area contributed by atoms with Gasteiger partial charge in [0.1, 0.15) is 0 Å². The van der Waals surface area contributed by atoms with Gasteiger partial charge in [-0.15, -0.1) is 10.2 Å². The molecule has 0 amide bonds. The smallest absolute Gasteiger partial charge is 0.276 e. The van der Waals surface area contributed by atoms with E-state index in [1.807, 2.05) is 18.2 Å². The maximum Gasteiger partial charge on any atom is 0.276 e. The van der Waals surface area contributed by atoms with E-state index in [1.54, 1.807) is 6.20 Å². The van der Waals surface area contributed by atoms with Gasteiger partial charge >= 0.3 is 0 Å². The van der Waals surface area contributed by atoms with E-state index < -0.39 is 0 Å². The molecule has 5 nitrogen and oxygen atoms in total. The molecule has 92 valence electrons. The van der Waals surface area contributed by atoms with Crippen molar-refractivity contribution >= 4 is 11.8 Å². The van der Waals surface area contributed by atoms with Gasteiger partial charge in [-0.2, -0.15) is 5.26 Å². The van der Waals surface area contributed by atoms with E-state index in [1.165, 1.54) is 11.8 Å². The first-order chi connectivity index (χ1) is 8.88. The summed E-state index contributed by atoms with van der Waals surface area (Å²) in [5.74, 6) is 1.38. The maximum absolute atomic E-state index is 8.41. The van der Waals surface area contributed by atoms with E-state index in [2.05, 4.69) is 21.3 Å². The number of rotatable bonds is 6. The molecule has 0 atom stereocenters. The van der Waals surface area contributed by atoms with Gasteiger partial charge in [0.25, 0.3) is 5.22 Å². The van der Waals surface area contributed by atoms with E-state index in [9.17, 15) is 0 Å². The Labute approximate surface area is 109 Å². The van der Waals surface area contributed by atoms with E-state index in [0.29, 0.717) is 24.0 Å². The second-order valence-electron chi connectivity index (χ2n) is 3.57. The predicted molar refractivity (Wildman–Crippen MR) is 66.9 cm³/mol. The summed E-state index contributed by atoms with van der Waals surface area (Å²) in [5.41, 5.74) is 0.905. The Balaban J connectivity index is 1.85. The monoisotopic (exact) mass is 260 g/mol. The van der Waals surface area contributed by atoms with Crippen molar-refractivity contribution in [2.45, 2.75) is 24.5 Å². The van der Waals surface area contributed by atoms with Crippen LogP contribution in [0.4, 0.5) is 0 Å². The molecule has 18 heavy (non-hydrogen) atoms. The first-order valence-electron chi connectivity index (χ1n) is 5.60. The van der Waals surface area contributed by atoms with Gasteiger partial charge in [0.2, 0.25) is 5.89 Å². The fourth-order valence-corrected chi connectivity index (χ4v) is 2.05. The minimum atomic E-state index is 0.548. The van der Waals surface area contributed by atoms with Crippen LogP contribution in [0.2, 0.25) is 0 Å². The number of pyridine rings is 1. The summed E-state index contributed by atoms with van der Waals surface area (Å²) >= 11 is 1.48. The molecule has 0 aliphatic rings. The fourth-order valence-electron chi connectivity index (χ4n) is 1.34. The van der Waals surface area contributed by atoms with Crippen molar-refractivity contribution in [2.24, 2.45) is 0 Å². The zero-order valence-corrected chi connectivity index (χ0v) is 10.6. The zero-order valence-electron chi connectivity index (χ0n) is 9.74. The normalized spacial score (nSPS) is 10.2. The molecule has 0 N–H and O–H groups in total. The van der Waals surface area contributed by atoms with E-state index in [-0.39, 0.29) is 0 Å². The Kier molecular flexibility index (Phi) is 4.73. The minimum Gasteiger partial charge on any atom is -0.416 e. The predicted octanol–water partition coefficient (Wildman–Crippen LogP) is 2.45. The van der Waals surface area contributed by atoms with Gasteiger partial charge in [0.05, 0.1) is 12.5 Å². The van der Waals surface area contributed by atoms with Crippen molar-refractivity contribution in [1.29, 1.82) is 5.26 Å². The number of hydrogen-bond acceptors (Lipinski definition) is 6. The molecule has 0 spiro atoms. The van der Waals surface area contributed by atoms with Crippen LogP contribution in [-0.4, -0.2) is 20.9 Å². The Morgan fingerprint density at radius 3 is 3.06 bits per heavy atom. The lowest BCUT2D eigenvalue weighted by atomic mass is 10.3. The summed E-state index contributed by atoms with van der Waals surface area (Å²) in [6.45, 7) is 0. The highest BCUT2D eigenvalue weighted by Crippen LogP contribution is 2.18. The summed E-state index contributed by atoms with van der Waals surface area (Å²) in [6.07, 6.45) is 3.68. The van der Waals surface area contributed by atoms with E-state index in [4.69, 9.17) is 9.68 Å². The Morgan fingerprint density at radius 2 is 2.28 bits per heavy atom. The first-order valence-corrected chi connectivity index (χ1v) is 6.59. The summed E-state index contributed by atoms with van der Waals surface area (Å²) in [6, 6.07) is 7.82. The van der Waals surface area contributed by atoms with Gasteiger partial charge in [0, 0.05) is 24.1 Å². The quantitative estimate of drug-likeness (QED) is 0.586. The highest BCUT2D eigenvalue weighted by Gasteiger charge is 2.07. The largest absolute Gasteiger partial charge is 0.416 e. The van der Waals surface area contributed by atoms with Crippen molar-refractivity contribution in [3.63, 3.8) is 0 Å². The van der Waals surface area contributed by atoms with Crippen molar-refractivity contribution in [3.05, 3.63) is 36.0 Å². The van der Waals surface area contributed by atoms with E-state index >= 15 is 0 Å². The third-order valence-corrected chi connectivity index (χ3v) is 3.07. The molecule has 2 aromatic rings. The molecule has 0 radical (unpaired) electrons. The molecule has 0 aromatic carbocycles. The number of aromatic nitrogens is 3. The van der Waals surface area contributed by atoms with Crippen LogP contribution in [0, 0.1) is 11.3 Å². The van der Waals surface area contributed by atoms with Crippen molar-refractivity contribution in [1.82, 2.24) is 15.2 Å². The fraction of sp³-hybridized carbons (Fsp3) is 0.333. The molecule has 0 aliphatic heterocycles. The van der Waals surface area contributed by atoms with Gasteiger partial charge in [-0.25, -0.2) is 0 Å². The lowest BCUT2D eigenvalue weighted by molar-refractivity contribution is 0.419. The third kappa shape index (κ3) is 3.86. The van der Waals surface area contributed by atoms with Gasteiger partial charge in [-0.05, 0) is 18.6 Å². The molecule has 0 saturated carbocycles. The number of unbranched alkanes of at least 4 members (excludes halogenated alkanes) is 1. The van der Waals surface area contributed by atoms with Crippen molar-refractivity contribution in [3.8, 4) is 6.07 Å². The van der Waals surface area contributed by atoms with Crippen molar-refractivity contribution in [2.75, 3.05) is 5.75 Å². The maximum atomic E-state index is 8.41. The second kappa shape index (κ2) is 6.77. The van der Waals surface area contributed by atoms with Crippen LogP contribution in [0.5, 0.6) is 0 Å². The van der Waals surface area contributed by atoms with Gasteiger partial charge in [-0.1, -0.05) is 17.8 Å². The summed E-state index contributed by atoms with van der Waals surface area (Å²) in [5, 5.41) is 16.9.